The molecule has 2 aliphatic heterocycles. The van der Waals surface area contributed by atoms with Gasteiger partial charge in [-0.15, -0.1) is 0 Å². The average Bonchev–Trinajstić information content (AvgIpc) is 3.15. The molecule has 0 saturated carbocycles. The third-order valence-corrected chi connectivity index (χ3v) is 6.74. The number of hydrogen-bond donors (Lipinski definition) is 2. The summed E-state index contributed by atoms with van der Waals surface area (Å²) in [4.78, 5) is 28.0. The van der Waals surface area contributed by atoms with Gasteiger partial charge in [0.25, 0.3) is 11.7 Å². The highest BCUT2D eigenvalue weighted by molar-refractivity contribution is 9.10. The van der Waals surface area contributed by atoms with Gasteiger partial charge in [-0.1, -0.05) is 30.3 Å². The van der Waals surface area contributed by atoms with E-state index in [1.807, 2.05) is 30.3 Å². The number of aromatic hydroxyl groups is 1. The van der Waals surface area contributed by atoms with E-state index in [1.54, 1.807) is 30.3 Å². The number of likely N-dealkylation sites (tertiary alicyclic amines) is 1. The van der Waals surface area contributed by atoms with E-state index >= 15 is 0 Å². The van der Waals surface area contributed by atoms with Crippen LogP contribution in [-0.4, -0.2) is 47.1 Å². The molecule has 184 valence electrons. The van der Waals surface area contributed by atoms with Crippen LogP contribution >= 0.6 is 15.9 Å². The monoisotopic (exact) mass is 551 g/mol. The topological polar surface area (TPSA) is 106 Å². The van der Waals surface area contributed by atoms with Crippen molar-refractivity contribution in [1.82, 2.24) is 4.90 Å². The molecule has 9 heteroatoms. The first-order chi connectivity index (χ1) is 17.4. The van der Waals surface area contributed by atoms with Gasteiger partial charge in [-0.05, 0) is 57.4 Å². The van der Waals surface area contributed by atoms with Crippen molar-refractivity contribution in [3.05, 3.63) is 87.4 Å². The average molecular weight is 552 g/mol. The Morgan fingerprint density at radius 1 is 1.06 bits per heavy atom. The molecular weight excluding hydrogens is 530 g/mol. The summed E-state index contributed by atoms with van der Waals surface area (Å²) in [5.74, 6) is -0.885. The van der Waals surface area contributed by atoms with Crippen LogP contribution in [0.25, 0.3) is 5.76 Å². The molecule has 0 aromatic heterocycles. The number of aliphatic hydroxyl groups excluding tert-OH is 1. The predicted molar refractivity (Wildman–Crippen MR) is 134 cm³/mol. The van der Waals surface area contributed by atoms with E-state index in [-0.39, 0.29) is 29.4 Å². The van der Waals surface area contributed by atoms with Crippen LogP contribution in [0.4, 0.5) is 0 Å². The van der Waals surface area contributed by atoms with Gasteiger partial charge < -0.3 is 29.3 Å². The van der Waals surface area contributed by atoms with Gasteiger partial charge in [0.15, 0.2) is 23.0 Å². The van der Waals surface area contributed by atoms with E-state index in [0.29, 0.717) is 40.3 Å². The number of phenols is 1. The molecule has 2 aliphatic rings. The Kier molecular flexibility index (Phi) is 6.32. The third-order valence-electron chi connectivity index (χ3n) is 6.14. The third kappa shape index (κ3) is 4.15. The molecule has 0 spiro atoms. The number of amides is 1. The second-order valence-electron chi connectivity index (χ2n) is 8.32. The van der Waals surface area contributed by atoms with Crippen molar-refractivity contribution >= 4 is 33.4 Å². The molecule has 0 bridgehead atoms. The number of carbonyl (C=O) groups excluding carboxylic acids is 2. The van der Waals surface area contributed by atoms with Crippen LogP contribution in [0.5, 0.6) is 23.0 Å². The fourth-order valence-corrected chi connectivity index (χ4v) is 4.88. The first-order valence-electron chi connectivity index (χ1n) is 11.2. The molecule has 3 aromatic carbocycles. The lowest BCUT2D eigenvalue weighted by molar-refractivity contribution is -0.140. The summed E-state index contributed by atoms with van der Waals surface area (Å²) in [6.07, 6.45) is 0. The molecule has 2 N–H and O–H groups in total. The number of Topliss-reactive ketones (excluding diaryl/α,β-unsaturated/α-hetero) is 1. The Balaban J connectivity index is 1.68. The van der Waals surface area contributed by atoms with Crippen LogP contribution in [0.2, 0.25) is 0 Å². The van der Waals surface area contributed by atoms with Crippen LogP contribution in [0.15, 0.2) is 70.7 Å². The van der Waals surface area contributed by atoms with Gasteiger partial charge in [-0.25, -0.2) is 0 Å². The largest absolute Gasteiger partial charge is 0.507 e. The molecule has 1 saturated heterocycles. The van der Waals surface area contributed by atoms with Crippen molar-refractivity contribution in [2.24, 2.45) is 0 Å². The summed E-state index contributed by atoms with van der Waals surface area (Å²) < 4.78 is 16.8. The maximum Gasteiger partial charge on any atom is 0.295 e. The van der Waals surface area contributed by atoms with E-state index in [9.17, 15) is 19.8 Å². The fourth-order valence-electron chi connectivity index (χ4n) is 4.42. The quantitative estimate of drug-likeness (QED) is 0.272. The molecule has 0 aliphatic carbocycles. The van der Waals surface area contributed by atoms with Crippen molar-refractivity contribution < 1.29 is 34.0 Å². The first-order valence-corrected chi connectivity index (χ1v) is 12.0. The van der Waals surface area contributed by atoms with Crippen molar-refractivity contribution in [3.63, 3.8) is 0 Å². The molecule has 8 nitrogen and oxygen atoms in total. The number of hydrogen-bond acceptors (Lipinski definition) is 7. The number of benzene rings is 3. The van der Waals surface area contributed by atoms with Gasteiger partial charge in [0, 0.05) is 12.1 Å². The normalized spacial score (nSPS) is 18.4. The van der Waals surface area contributed by atoms with Crippen LogP contribution in [0.3, 0.4) is 0 Å². The predicted octanol–water partition coefficient (Wildman–Crippen LogP) is 4.56. The lowest BCUT2D eigenvalue weighted by atomic mass is 9.94. The van der Waals surface area contributed by atoms with Crippen molar-refractivity contribution in [2.75, 3.05) is 20.3 Å². The minimum absolute atomic E-state index is 0.0766. The number of aliphatic hydroxyl groups is 1. The van der Waals surface area contributed by atoms with E-state index < -0.39 is 17.7 Å². The van der Waals surface area contributed by atoms with Crippen LogP contribution in [0.1, 0.15) is 22.7 Å². The van der Waals surface area contributed by atoms with E-state index in [1.165, 1.54) is 12.0 Å². The number of carbonyl (C=O) groups is 2. The fraction of sp³-hybridized carbons (Fsp3) is 0.185. The minimum atomic E-state index is -0.941. The number of rotatable bonds is 5. The van der Waals surface area contributed by atoms with Gasteiger partial charge in [-0.2, -0.15) is 0 Å². The summed E-state index contributed by atoms with van der Waals surface area (Å²) in [6, 6.07) is 16.3. The zero-order chi connectivity index (χ0) is 25.4. The second-order valence-corrected chi connectivity index (χ2v) is 9.18. The number of phenolic OH excluding ortho intramolecular Hbond substituents is 1. The van der Waals surface area contributed by atoms with Gasteiger partial charge >= 0.3 is 0 Å². The highest BCUT2D eigenvalue weighted by Crippen LogP contribution is 2.45. The molecular formula is C27H22BrNO7. The zero-order valence-corrected chi connectivity index (χ0v) is 20.8. The molecule has 5 rings (SSSR count). The molecule has 36 heavy (non-hydrogen) atoms. The Labute approximate surface area is 215 Å². The van der Waals surface area contributed by atoms with E-state index in [2.05, 4.69) is 15.9 Å². The number of ether oxygens (including phenoxy) is 3. The maximum absolute atomic E-state index is 13.3. The highest BCUT2D eigenvalue weighted by atomic mass is 79.9. The summed E-state index contributed by atoms with van der Waals surface area (Å²) in [6.45, 7) is 0.912. The number of halogens is 1. The van der Waals surface area contributed by atoms with Gasteiger partial charge in [0.2, 0.25) is 0 Å². The molecule has 1 atom stereocenters. The van der Waals surface area contributed by atoms with E-state index in [0.717, 1.165) is 5.56 Å². The maximum atomic E-state index is 13.3. The Hall–Kier alpha value is -3.98. The Bertz CT molecular complexity index is 1390. The van der Waals surface area contributed by atoms with Gasteiger partial charge in [0.1, 0.15) is 19.0 Å². The minimum Gasteiger partial charge on any atom is -0.507 e. The zero-order valence-electron chi connectivity index (χ0n) is 19.2. The highest BCUT2D eigenvalue weighted by Gasteiger charge is 2.46. The number of methoxy groups -OCH3 is 1. The van der Waals surface area contributed by atoms with Crippen molar-refractivity contribution in [3.8, 4) is 23.0 Å². The summed E-state index contributed by atoms with van der Waals surface area (Å²) in [5, 5.41) is 21.7. The van der Waals surface area contributed by atoms with Crippen molar-refractivity contribution in [1.29, 1.82) is 0 Å². The van der Waals surface area contributed by atoms with Gasteiger partial charge in [-0.3, -0.25) is 9.59 Å². The van der Waals surface area contributed by atoms with Crippen molar-refractivity contribution in [2.45, 2.75) is 12.6 Å². The van der Waals surface area contributed by atoms with Gasteiger partial charge in [0.05, 0.1) is 23.2 Å². The summed E-state index contributed by atoms with van der Waals surface area (Å²) in [7, 11) is 1.40. The lowest BCUT2D eigenvalue weighted by Gasteiger charge is -2.26. The van der Waals surface area contributed by atoms with Crippen LogP contribution in [0, 0.1) is 0 Å². The first kappa shape index (κ1) is 23.7. The molecule has 0 unspecified atom stereocenters. The number of nitrogens with zero attached hydrogens (tertiary/aromatic N) is 1. The SMILES string of the molecule is COc1cc([C@@H]2C(=C(O)c3ccc4c(c3)OCCO4)C(=O)C(=O)N2Cc2ccccc2)cc(Br)c1O. The standard InChI is InChI=1S/C27H22BrNO7/c1-34-21-13-17(11-18(28)25(21)31)23-22(24(30)16-7-8-19-20(12-16)36-10-9-35-19)26(32)27(33)29(23)14-15-5-3-2-4-6-15/h2-8,11-13,23,30-31H,9-10,14H2,1H3/t23-/m1/s1. The summed E-state index contributed by atoms with van der Waals surface area (Å²) >= 11 is 3.32. The number of fused-ring (bicyclic) bond motifs is 1. The smallest absolute Gasteiger partial charge is 0.295 e. The molecule has 1 amide bonds. The second kappa shape index (κ2) is 9.58. The Morgan fingerprint density at radius 2 is 1.78 bits per heavy atom. The molecule has 1 fully saturated rings. The number of ketones is 1. The van der Waals surface area contributed by atoms with Crippen LogP contribution in [-0.2, 0) is 16.1 Å². The van der Waals surface area contributed by atoms with E-state index in [4.69, 9.17) is 14.2 Å². The Morgan fingerprint density at radius 3 is 2.50 bits per heavy atom. The molecule has 2 heterocycles. The lowest BCUT2D eigenvalue weighted by Crippen LogP contribution is -2.29. The van der Waals surface area contributed by atoms with Crippen LogP contribution < -0.4 is 14.2 Å². The molecule has 3 aromatic rings. The molecule has 0 radical (unpaired) electrons. The summed E-state index contributed by atoms with van der Waals surface area (Å²) in [5.41, 5.74) is 1.53.